The molecule has 2 amide bonds. The molecule has 4 rings (SSSR count). The second-order valence-electron chi connectivity index (χ2n) is 8.55. The van der Waals surface area contributed by atoms with Crippen LogP contribution in [0.3, 0.4) is 0 Å². The average Bonchev–Trinajstić information content (AvgIpc) is 3.46. The van der Waals surface area contributed by atoms with Crippen LogP contribution in [0.4, 0.5) is 23.4 Å². The summed E-state index contributed by atoms with van der Waals surface area (Å²) in [6.07, 6.45) is -4.48. The van der Waals surface area contributed by atoms with Crippen LogP contribution in [0, 0.1) is 11.7 Å². The van der Waals surface area contributed by atoms with Crippen LogP contribution in [0.1, 0.15) is 26.7 Å². The summed E-state index contributed by atoms with van der Waals surface area (Å²) in [5.74, 6) is -2.25. The molecule has 1 aromatic heterocycles. The lowest BCUT2D eigenvalue weighted by Crippen LogP contribution is -2.24. The predicted molar refractivity (Wildman–Crippen MR) is 126 cm³/mol. The second-order valence-corrected chi connectivity index (χ2v) is 8.55. The van der Waals surface area contributed by atoms with Crippen LogP contribution in [-0.4, -0.2) is 40.6 Å². The van der Waals surface area contributed by atoms with Crippen LogP contribution >= 0.6 is 0 Å². The number of carbonyl (C=O) groups is 2. The van der Waals surface area contributed by atoms with Gasteiger partial charge in [-0.05, 0) is 37.6 Å². The summed E-state index contributed by atoms with van der Waals surface area (Å²) in [5.41, 5.74) is 0.931. The first-order valence-electron chi connectivity index (χ1n) is 11.5. The fraction of sp³-hybridized carbons (Fsp3) is 0.320. The van der Waals surface area contributed by atoms with Crippen LogP contribution in [0.25, 0.3) is 16.9 Å². The van der Waals surface area contributed by atoms with Crippen molar-refractivity contribution in [2.24, 2.45) is 5.92 Å². The zero-order valence-corrected chi connectivity index (χ0v) is 19.9. The maximum Gasteiger partial charge on any atom is 0.573 e. The maximum absolute atomic E-state index is 14.4. The first kappa shape index (κ1) is 26.0. The van der Waals surface area contributed by atoms with Gasteiger partial charge in [-0.25, -0.2) is 9.07 Å². The van der Waals surface area contributed by atoms with Gasteiger partial charge in [0.2, 0.25) is 11.8 Å². The first-order valence-corrected chi connectivity index (χ1v) is 11.5. The number of nitrogens with one attached hydrogen (secondary N) is 2. The van der Waals surface area contributed by atoms with E-state index in [1.807, 2.05) is 6.92 Å². The molecule has 37 heavy (non-hydrogen) atoms. The van der Waals surface area contributed by atoms with Gasteiger partial charge in [-0.15, -0.1) is 18.3 Å². The SMILES string of the molecule is CCC(C)Oc1cc(-n2nc(NC(=O)[C@@H]3CNC(=O)C3)cc2-c2cccc(OC(F)(F)F)c2)ccc1F. The first-order chi connectivity index (χ1) is 17.5. The minimum absolute atomic E-state index is 0.0245. The summed E-state index contributed by atoms with van der Waals surface area (Å²) in [5, 5.41) is 9.63. The minimum atomic E-state index is -4.88. The number of rotatable bonds is 8. The monoisotopic (exact) mass is 520 g/mol. The van der Waals surface area contributed by atoms with Crippen LogP contribution in [0.15, 0.2) is 48.5 Å². The van der Waals surface area contributed by atoms with Crippen LogP contribution in [0.2, 0.25) is 0 Å². The lowest BCUT2D eigenvalue weighted by molar-refractivity contribution is -0.274. The van der Waals surface area contributed by atoms with Crippen LogP contribution in [0.5, 0.6) is 11.5 Å². The third-order valence-electron chi connectivity index (χ3n) is 5.73. The zero-order valence-electron chi connectivity index (χ0n) is 19.9. The smallest absolute Gasteiger partial charge is 0.488 e. The highest BCUT2D eigenvalue weighted by atomic mass is 19.4. The van der Waals surface area contributed by atoms with Crippen molar-refractivity contribution in [2.45, 2.75) is 39.2 Å². The Labute approximate surface area is 209 Å². The van der Waals surface area contributed by atoms with Gasteiger partial charge in [-0.1, -0.05) is 19.1 Å². The molecule has 2 N–H and O–H groups in total. The van der Waals surface area contributed by atoms with E-state index in [1.54, 1.807) is 13.0 Å². The van der Waals surface area contributed by atoms with Gasteiger partial charge in [0.1, 0.15) is 5.75 Å². The number of ether oxygens (including phenoxy) is 2. The van der Waals surface area contributed by atoms with Crippen LogP contribution < -0.4 is 20.1 Å². The standard InChI is InChI=1S/C25H24F4N4O4/c1-3-14(2)36-21-11-17(7-8-19(21)26)33-20(15-5-4-6-18(9-15)37-25(27,28)29)12-22(32-33)31-24(35)16-10-23(34)30-13-16/h4-9,11-12,14,16H,3,10,13H2,1-2H3,(H,30,34)(H,31,32,35)/t14?,16-/m0/s1. The fourth-order valence-corrected chi connectivity index (χ4v) is 3.73. The quantitative estimate of drug-likeness (QED) is 0.415. The largest absolute Gasteiger partial charge is 0.573 e. The number of nitrogens with zero attached hydrogens (tertiary/aromatic N) is 2. The number of aromatic nitrogens is 2. The van der Waals surface area contributed by atoms with E-state index in [0.717, 1.165) is 6.07 Å². The van der Waals surface area contributed by atoms with Gasteiger partial charge < -0.3 is 20.1 Å². The third kappa shape index (κ3) is 6.38. The maximum atomic E-state index is 14.4. The Morgan fingerprint density at radius 2 is 2.03 bits per heavy atom. The number of halogens is 4. The van der Waals surface area contributed by atoms with Gasteiger partial charge >= 0.3 is 6.36 Å². The van der Waals surface area contributed by atoms with Crippen molar-refractivity contribution in [1.82, 2.24) is 15.1 Å². The Bertz CT molecular complexity index is 1310. The molecule has 1 saturated heterocycles. The van der Waals surface area contributed by atoms with E-state index in [2.05, 4.69) is 20.5 Å². The molecule has 8 nitrogen and oxygen atoms in total. The Balaban J connectivity index is 1.74. The summed E-state index contributed by atoms with van der Waals surface area (Å²) < 4.78 is 63.9. The lowest BCUT2D eigenvalue weighted by atomic mass is 10.1. The molecule has 0 bridgehead atoms. The Morgan fingerprint density at radius 1 is 1.24 bits per heavy atom. The van der Waals surface area contributed by atoms with Crippen LogP contribution in [-0.2, 0) is 9.59 Å². The van der Waals surface area contributed by atoms with E-state index in [0.29, 0.717) is 23.4 Å². The van der Waals surface area contributed by atoms with Gasteiger partial charge in [0.25, 0.3) is 0 Å². The number of hydrogen-bond acceptors (Lipinski definition) is 5. The number of anilines is 1. The topological polar surface area (TPSA) is 94.5 Å². The summed E-state index contributed by atoms with van der Waals surface area (Å²) >= 11 is 0. The van der Waals surface area contributed by atoms with Crippen molar-refractivity contribution in [1.29, 1.82) is 0 Å². The number of benzene rings is 2. The van der Waals surface area contributed by atoms with Gasteiger partial charge in [0, 0.05) is 30.7 Å². The molecule has 0 radical (unpaired) electrons. The fourth-order valence-electron chi connectivity index (χ4n) is 3.73. The molecular weight excluding hydrogens is 496 g/mol. The molecule has 1 unspecified atom stereocenters. The van der Waals surface area contributed by atoms with Gasteiger partial charge in [-0.2, -0.15) is 0 Å². The molecule has 2 aromatic carbocycles. The Hall–Kier alpha value is -4.09. The second kappa shape index (κ2) is 10.5. The van der Waals surface area contributed by atoms with Gasteiger partial charge in [-0.3, -0.25) is 9.59 Å². The van der Waals surface area contributed by atoms with Crippen molar-refractivity contribution in [3.8, 4) is 28.4 Å². The van der Waals surface area contributed by atoms with Gasteiger partial charge in [0.15, 0.2) is 17.4 Å². The summed E-state index contributed by atoms with van der Waals surface area (Å²) in [4.78, 5) is 24.1. The number of amides is 2. The minimum Gasteiger partial charge on any atom is -0.488 e. The van der Waals surface area contributed by atoms with E-state index in [1.165, 1.54) is 41.1 Å². The normalized spacial score (nSPS) is 16.3. The van der Waals surface area contributed by atoms with Crippen molar-refractivity contribution >= 4 is 17.6 Å². The van der Waals surface area contributed by atoms with E-state index in [9.17, 15) is 27.2 Å². The predicted octanol–water partition coefficient (Wildman–Crippen LogP) is 4.83. The molecule has 2 heterocycles. The van der Waals surface area contributed by atoms with E-state index >= 15 is 0 Å². The Morgan fingerprint density at radius 3 is 2.70 bits per heavy atom. The molecule has 1 aliphatic heterocycles. The highest BCUT2D eigenvalue weighted by Gasteiger charge is 2.31. The van der Waals surface area contributed by atoms with Gasteiger partial charge in [0.05, 0.1) is 23.4 Å². The van der Waals surface area contributed by atoms with Crippen molar-refractivity contribution < 1.29 is 36.6 Å². The highest BCUT2D eigenvalue weighted by molar-refractivity contribution is 5.97. The molecule has 0 aliphatic carbocycles. The summed E-state index contributed by atoms with van der Waals surface area (Å²) in [6, 6.07) is 10.7. The molecule has 1 fully saturated rings. The average molecular weight is 520 g/mol. The van der Waals surface area contributed by atoms with E-state index < -0.39 is 29.8 Å². The highest BCUT2D eigenvalue weighted by Crippen LogP contribution is 2.32. The molecular formula is C25H24F4N4O4. The number of hydrogen-bond donors (Lipinski definition) is 2. The molecule has 1 aliphatic rings. The lowest BCUT2D eigenvalue weighted by Gasteiger charge is -2.15. The molecule has 196 valence electrons. The summed E-state index contributed by atoms with van der Waals surface area (Å²) in [6.45, 7) is 3.85. The van der Waals surface area contributed by atoms with E-state index in [-0.39, 0.29) is 36.5 Å². The van der Waals surface area contributed by atoms with E-state index in [4.69, 9.17) is 4.74 Å². The Kier molecular flexibility index (Phi) is 7.37. The van der Waals surface area contributed by atoms with Crippen molar-refractivity contribution in [3.63, 3.8) is 0 Å². The third-order valence-corrected chi connectivity index (χ3v) is 5.73. The molecule has 0 saturated carbocycles. The molecule has 0 spiro atoms. The van der Waals surface area contributed by atoms with Crippen molar-refractivity contribution in [2.75, 3.05) is 11.9 Å². The van der Waals surface area contributed by atoms with Crippen molar-refractivity contribution in [3.05, 3.63) is 54.3 Å². The summed E-state index contributed by atoms with van der Waals surface area (Å²) in [7, 11) is 0. The number of alkyl halides is 3. The number of carbonyl (C=O) groups excluding carboxylic acids is 2. The molecule has 3 aromatic rings. The molecule has 12 heteroatoms. The zero-order chi connectivity index (χ0) is 26.7. The molecule has 2 atom stereocenters.